The van der Waals surface area contributed by atoms with E-state index in [1.54, 1.807) is 0 Å². The normalized spacial score (nSPS) is 13.4. The fraction of sp³-hybridized carbons (Fsp3) is 0.167. The Balaban J connectivity index is 0.00000200. The van der Waals surface area contributed by atoms with E-state index in [1.807, 2.05) is 0 Å². The number of aliphatic hydroxyl groups is 2. The molecule has 0 spiro atoms. The fourth-order valence-electron chi connectivity index (χ4n) is 1.95. The van der Waals surface area contributed by atoms with Crippen LogP contribution in [0.5, 0.6) is 17.2 Å². The SMILES string of the molecule is CCc1c([O-])c(O)c2c(c1[O-])C(=O)C(O)=C(O)C2=O.[Na+].[Na+]. The number of ketones is 2. The van der Waals surface area contributed by atoms with E-state index in [-0.39, 0.29) is 71.1 Å². The quantitative estimate of drug-likeness (QED) is 0.438. The minimum atomic E-state index is -1.33. The smallest absolute Gasteiger partial charge is 0.872 e. The molecule has 0 amide bonds. The Morgan fingerprint density at radius 3 is 1.71 bits per heavy atom. The van der Waals surface area contributed by atoms with Crippen LogP contribution in [-0.4, -0.2) is 26.9 Å². The third-order valence-corrected chi connectivity index (χ3v) is 2.94. The largest absolute Gasteiger partial charge is 1.00 e. The number of Topliss-reactive ketones (excluding diaryl/α,β-unsaturated/α-hetero) is 2. The summed E-state index contributed by atoms with van der Waals surface area (Å²) in [7, 11) is 0. The van der Waals surface area contributed by atoms with Gasteiger partial charge in [-0.15, -0.1) is 0 Å². The molecule has 1 aromatic rings. The van der Waals surface area contributed by atoms with Gasteiger partial charge in [0.05, 0.1) is 5.56 Å². The molecule has 0 saturated heterocycles. The number of phenolic OH excluding ortho intramolecular Hbond substituents is 1. The number of carbonyl (C=O) groups excluding carboxylic acids is 2. The Bertz CT molecular complexity index is 664. The van der Waals surface area contributed by atoms with Gasteiger partial charge in [-0.05, 0) is 6.42 Å². The summed E-state index contributed by atoms with van der Waals surface area (Å²) in [6, 6.07) is 0. The molecule has 100 valence electrons. The maximum atomic E-state index is 11.9. The molecule has 2 rings (SSSR count). The van der Waals surface area contributed by atoms with Gasteiger partial charge < -0.3 is 25.5 Å². The predicted molar refractivity (Wildman–Crippen MR) is 57.3 cm³/mol. The van der Waals surface area contributed by atoms with Crippen LogP contribution in [0.15, 0.2) is 11.5 Å². The molecule has 7 nitrogen and oxygen atoms in total. The second-order valence-electron chi connectivity index (χ2n) is 3.94. The summed E-state index contributed by atoms with van der Waals surface area (Å²) in [5, 5.41) is 51.7. The zero-order valence-electron chi connectivity index (χ0n) is 11.7. The summed E-state index contributed by atoms with van der Waals surface area (Å²) < 4.78 is 0. The number of hydrogen-bond donors (Lipinski definition) is 3. The van der Waals surface area contributed by atoms with E-state index in [2.05, 4.69) is 0 Å². The van der Waals surface area contributed by atoms with Crippen LogP contribution in [0.4, 0.5) is 0 Å². The predicted octanol–water partition coefficient (Wildman–Crippen LogP) is -6.18. The number of aromatic hydroxyl groups is 1. The topological polar surface area (TPSA) is 141 Å². The van der Waals surface area contributed by atoms with Crippen molar-refractivity contribution in [2.75, 3.05) is 0 Å². The van der Waals surface area contributed by atoms with E-state index in [4.69, 9.17) is 0 Å². The van der Waals surface area contributed by atoms with Crippen LogP contribution < -0.4 is 69.3 Å². The molecule has 0 bridgehead atoms. The second kappa shape index (κ2) is 7.04. The van der Waals surface area contributed by atoms with E-state index in [9.17, 15) is 35.1 Å². The van der Waals surface area contributed by atoms with Gasteiger partial charge in [-0.1, -0.05) is 24.0 Å². The zero-order chi connectivity index (χ0) is 14.5. The average Bonchev–Trinajstić information content (AvgIpc) is 2.38. The molecule has 0 unspecified atom stereocenters. The molecular formula is C12H8Na2O7. The molecule has 0 radical (unpaired) electrons. The molecule has 0 fully saturated rings. The van der Waals surface area contributed by atoms with Crippen LogP contribution >= 0.6 is 0 Å². The van der Waals surface area contributed by atoms with Gasteiger partial charge in [-0.2, -0.15) is 0 Å². The van der Waals surface area contributed by atoms with E-state index in [1.165, 1.54) is 6.92 Å². The molecule has 1 aromatic carbocycles. The van der Waals surface area contributed by atoms with Crippen LogP contribution in [0.1, 0.15) is 33.2 Å². The minimum absolute atomic E-state index is 0. The van der Waals surface area contributed by atoms with E-state index in [0.717, 1.165) is 0 Å². The first-order chi connectivity index (χ1) is 8.82. The van der Waals surface area contributed by atoms with Gasteiger partial charge in [0.1, 0.15) is 5.75 Å². The van der Waals surface area contributed by atoms with Gasteiger partial charge in [0, 0.05) is 5.56 Å². The van der Waals surface area contributed by atoms with Crippen molar-refractivity contribution in [1.82, 2.24) is 0 Å². The molecule has 0 saturated carbocycles. The summed E-state index contributed by atoms with van der Waals surface area (Å²) in [5.74, 6) is -8.32. The third kappa shape index (κ3) is 2.81. The van der Waals surface area contributed by atoms with Gasteiger partial charge in [-0.3, -0.25) is 9.59 Å². The number of benzene rings is 1. The van der Waals surface area contributed by atoms with Crippen molar-refractivity contribution in [3.63, 3.8) is 0 Å². The van der Waals surface area contributed by atoms with Crippen LogP contribution in [0.3, 0.4) is 0 Å². The summed E-state index contributed by atoms with van der Waals surface area (Å²) in [6.07, 6.45) is -0.0452. The van der Waals surface area contributed by atoms with Gasteiger partial charge in [0.2, 0.25) is 23.1 Å². The number of fused-ring (bicyclic) bond motifs is 1. The van der Waals surface area contributed by atoms with Gasteiger partial charge in [-0.25, -0.2) is 0 Å². The summed E-state index contributed by atoms with van der Waals surface area (Å²) in [6.45, 7) is 1.46. The van der Waals surface area contributed by atoms with Gasteiger partial charge in [0.25, 0.3) is 0 Å². The maximum absolute atomic E-state index is 11.9. The van der Waals surface area contributed by atoms with Crippen molar-refractivity contribution < 1.29 is 94.2 Å². The zero-order valence-corrected chi connectivity index (χ0v) is 15.7. The third-order valence-electron chi connectivity index (χ3n) is 2.94. The molecule has 1 aliphatic rings. The van der Waals surface area contributed by atoms with E-state index in [0.29, 0.717) is 0 Å². The monoisotopic (exact) mass is 310 g/mol. The van der Waals surface area contributed by atoms with Crippen molar-refractivity contribution >= 4 is 11.6 Å². The molecule has 9 heteroatoms. The van der Waals surface area contributed by atoms with Gasteiger partial charge in [0.15, 0.2) is 0 Å². The molecule has 1 aliphatic carbocycles. The van der Waals surface area contributed by atoms with Gasteiger partial charge >= 0.3 is 59.1 Å². The molecule has 21 heavy (non-hydrogen) atoms. The Morgan fingerprint density at radius 1 is 0.857 bits per heavy atom. The van der Waals surface area contributed by atoms with Crippen molar-refractivity contribution in [1.29, 1.82) is 0 Å². The molecular weight excluding hydrogens is 302 g/mol. The molecule has 0 aliphatic heterocycles. The summed E-state index contributed by atoms with van der Waals surface area (Å²) in [5.41, 5.74) is -1.99. The Hall–Kier alpha value is -0.700. The van der Waals surface area contributed by atoms with E-state index < -0.39 is 51.5 Å². The molecule has 3 N–H and O–H groups in total. The second-order valence-corrected chi connectivity index (χ2v) is 3.94. The van der Waals surface area contributed by atoms with Crippen molar-refractivity contribution in [3.8, 4) is 17.2 Å². The van der Waals surface area contributed by atoms with E-state index >= 15 is 0 Å². The van der Waals surface area contributed by atoms with Crippen LogP contribution in [-0.2, 0) is 6.42 Å². The number of hydrogen-bond acceptors (Lipinski definition) is 7. The summed E-state index contributed by atoms with van der Waals surface area (Å²) >= 11 is 0. The Labute approximate surface area is 163 Å². The Kier molecular flexibility index (Phi) is 6.81. The van der Waals surface area contributed by atoms with Crippen LogP contribution in [0, 0.1) is 0 Å². The number of carbonyl (C=O) groups is 2. The minimum Gasteiger partial charge on any atom is -0.872 e. The van der Waals surface area contributed by atoms with Crippen molar-refractivity contribution in [3.05, 3.63) is 28.2 Å². The first-order valence-corrected chi connectivity index (χ1v) is 5.30. The number of allylic oxidation sites excluding steroid dienone is 2. The molecule has 0 atom stereocenters. The Morgan fingerprint density at radius 2 is 1.29 bits per heavy atom. The summed E-state index contributed by atoms with van der Waals surface area (Å²) in [4.78, 5) is 23.3. The standard InChI is InChI=1S/C12H10O7.2Na/c1-2-3-6(13)4-5(8(15)7(3)14)10(17)12(19)11(18)9(4)16;;/h13-15,18-19H,2H2,1H3;;/q;2*+1/p-2. The number of aliphatic hydroxyl groups excluding tert-OH is 2. The average molecular weight is 310 g/mol. The van der Waals surface area contributed by atoms with Crippen molar-refractivity contribution in [2.45, 2.75) is 13.3 Å². The fourth-order valence-corrected chi connectivity index (χ4v) is 1.95. The first kappa shape index (κ1) is 20.3. The van der Waals surface area contributed by atoms with Crippen LogP contribution in [0.25, 0.3) is 0 Å². The van der Waals surface area contributed by atoms with Crippen molar-refractivity contribution in [2.24, 2.45) is 0 Å². The van der Waals surface area contributed by atoms with Crippen LogP contribution in [0.2, 0.25) is 0 Å². The number of rotatable bonds is 1. The first-order valence-electron chi connectivity index (χ1n) is 5.30. The number of phenols is 1. The molecule has 0 heterocycles. The maximum Gasteiger partial charge on any atom is 1.00 e. The molecule has 0 aromatic heterocycles.